The van der Waals surface area contributed by atoms with Gasteiger partial charge in [0.15, 0.2) is 5.11 Å². The molecule has 1 heterocycles. The molecule has 0 aromatic heterocycles. The van der Waals surface area contributed by atoms with E-state index < -0.39 is 0 Å². The molecular formula is C8H16N2OS. The van der Waals surface area contributed by atoms with Crippen molar-refractivity contribution in [1.29, 1.82) is 0 Å². The third-order valence-corrected chi connectivity index (χ3v) is 2.35. The third kappa shape index (κ3) is 2.60. The molecule has 1 saturated heterocycles. The van der Waals surface area contributed by atoms with E-state index in [4.69, 9.17) is 22.7 Å². The first kappa shape index (κ1) is 9.74. The molecule has 1 atom stereocenters. The predicted molar refractivity (Wildman–Crippen MR) is 53.0 cm³/mol. The molecule has 0 aromatic carbocycles. The Morgan fingerprint density at radius 3 is 3.08 bits per heavy atom. The van der Waals surface area contributed by atoms with Crippen molar-refractivity contribution in [3.8, 4) is 0 Å². The van der Waals surface area contributed by atoms with E-state index in [2.05, 4.69) is 0 Å². The van der Waals surface area contributed by atoms with Crippen LogP contribution >= 0.6 is 12.2 Å². The molecule has 12 heavy (non-hydrogen) atoms. The van der Waals surface area contributed by atoms with Gasteiger partial charge < -0.3 is 15.4 Å². The fourth-order valence-electron chi connectivity index (χ4n) is 1.51. The quantitative estimate of drug-likeness (QED) is 0.648. The van der Waals surface area contributed by atoms with E-state index in [1.54, 1.807) is 0 Å². The molecule has 0 bridgehead atoms. The molecule has 1 aliphatic heterocycles. The summed E-state index contributed by atoms with van der Waals surface area (Å²) in [7, 11) is 0. The summed E-state index contributed by atoms with van der Waals surface area (Å²) in [4.78, 5) is 2.01. The number of likely N-dealkylation sites (tertiary alicyclic amines) is 1. The van der Waals surface area contributed by atoms with E-state index in [9.17, 15) is 0 Å². The minimum absolute atomic E-state index is 0.324. The Labute approximate surface area is 78.9 Å². The number of nitrogens with zero attached hydrogens (tertiary/aromatic N) is 1. The summed E-state index contributed by atoms with van der Waals surface area (Å²) in [5, 5.41) is 0.499. The van der Waals surface area contributed by atoms with Crippen LogP contribution in [-0.2, 0) is 4.74 Å². The molecule has 0 saturated carbocycles. The Hall–Kier alpha value is -0.350. The van der Waals surface area contributed by atoms with Gasteiger partial charge in [0.1, 0.15) is 0 Å². The highest BCUT2D eigenvalue weighted by molar-refractivity contribution is 7.80. The molecule has 1 unspecified atom stereocenters. The molecule has 2 N–H and O–H groups in total. The van der Waals surface area contributed by atoms with Crippen molar-refractivity contribution in [3.63, 3.8) is 0 Å². The van der Waals surface area contributed by atoms with Crippen molar-refractivity contribution in [3.05, 3.63) is 0 Å². The third-order valence-electron chi connectivity index (χ3n) is 2.09. The van der Waals surface area contributed by atoms with Crippen molar-refractivity contribution in [2.24, 2.45) is 5.73 Å². The predicted octanol–water partition coefficient (Wildman–Crippen LogP) is 0.731. The zero-order valence-electron chi connectivity index (χ0n) is 7.45. The molecule has 70 valence electrons. The molecule has 0 amide bonds. The van der Waals surface area contributed by atoms with Crippen LogP contribution in [0.25, 0.3) is 0 Å². The summed E-state index contributed by atoms with van der Waals surface area (Å²) in [5.74, 6) is 0. The van der Waals surface area contributed by atoms with Crippen molar-refractivity contribution in [2.75, 3.05) is 19.7 Å². The van der Waals surface area contributed by atoms with Crippen molar-refractivity contribution >= 4 is 17.3 Å². The number of thiocarbonyl (C=S) groups is 1. The van der Waals surface area contributed by atoms with Gasteiger partial charge in [0.25, 0.3) is 0 Å². The van der Waals surface area contributed by atoms with Crippen LogP contribution in [0.2, 0.25) is 0 Å². The SMILES string of the molecule is CCOC1CCCN(C(N)=S)C1. The van der Waals surface area contributed by atoms with Crippen molar-refractivity contribution < 1.29 is 4.74 Å². The normalized spacial score (nSPS) is 24.1. The van der Waals surface area contributed by atoms with E-state index in [-0.39, 0.29) is 0 Å². The lowest BCUT2D eigenvalue weighted by atomic mass is 10.1. The van der Waals surface area contributed by atoms with Gasteiger partial charge in [-0.15, -0.1) is 0 Å². The molecule has 4 heteroatoms. The maximum Gasteiger partial charge on any atom is 0.166 e. The topological polar surface area (TPSA) is 38.5 Å². The number of hydrogen-bond acceptors (Lipinski definition) is 2. The molecule has 0 radical (unpaired) electrons. The fraction of sp³-hybridized carbons (Fsp3) is 0.875. The standard InChI is InChI=1S/C8H16N2OS/c1-2-11-7-4-3-5-10(6-7)8(9)12/h7H,2-6H2,1H3,(H2,9,12). The molecule has 1 fully saturated rings. The van der Waals surface area contributed by atoms with E-state index in [1.807, 2.05) is 11.8 Å². The Bertz CT molecular complexity index is 161. The maximum atomic E-state index is 5.53. The molecule has 0 aromatic rings. The summed E-state index contributed by atoms with van der Waals surface area (Å²) in [6.45, 7) is 4.64. The highest BCUT2D eigenvalue weighted by Gasteiger charge is 2.20. The van der Waals surface area contributed by atoms with Crippen LogP contribution in [-0.4, -0.2) is 35.8 Å². The van der Waals surface area contributed by atoms with E-state index in [0.717, 1.165) is 32.5 Å². The number of piperidine rings is 1. The van der Waals surface area contributed by atoms with Gasteiger partial charge in [-0.2, -0.15) is 0 Å². The summed E-state index contributed by atoms with van der Waals surface area (Å²) in [6.07, 6.45) is 2.58. The summed E-state index contributed by atoms with van der Waals surface area (Å²) in [5.41, 5.74) is 5.53. The zero-order chi connectivity index (χ0) is 8.97. The molecule has 1 aliphatic rings. The highest BCUT2D eigenvalue weighted by atomic mass is 32.1. The number of hydrogen-bond donors (Lipinski definition) is 1. The molecule has 1 rings (SSSR count). The van der Waals surface area contributed by atoms with Crippen LogP contribution in [0.1, 0.15) is 19.8 Å². The van der Waals surface area contributed by atoms with Crippen molar-refractivity contribution in [2.45, 2.75) is 25.9 Å². The smallest absolute Gasteiger partial charge is 0.166 e. The first-order valence-electron chi connectivity index (χ1n) is 4.40. The van der Waals surface area contributed by atoms with Crippen LogP contribution in [0.5, 0.6) is 0 Å². The monoisotopic (exact) mass is 188 g/mol. The van der Waals surface area contributed by atoms with Gasteiger partial charge in [-0.05, 0) is 32.0 Å². The Balaban J connectivity index is 2.35. The van der Waals surface area contributed by atoms with Crippen LogP contribution in [0, 0.1) is 0 Å². The first-order chi connectivity index (χ1) is 5.74. The number of rotatable bonds is 2. The van der Waals surface area contributed by atoms with Gasteiger partial charge >= 0.3 is 0 Å². The molecule has 0 spiro atoms. The lowest BCUT2D eigenvalue weighted by Gasteiger charge is -2.32. The molecule has 0 aliphatic carbocycles. The Morgan fingerprint density at radius 1 is 1.75 bits per heavy atom. The van der Waals surface area contributed by atoms with Crippen molar-refractivity contribution in [1.82, 2.24) is 4.90 Å². The van der Waals surface area contributed by atoms with Gasteiger partial charge in [-0.3, -0.25) is 0 Å². The minimum Gasteiger partial charge on any atom is -0.377 e. The average molecular weight is 188 g/mol. The summed E-state index contributed by atoms with van der Waals surface area (Å²) in [6, 6.07) is 0. The lowest BCUT2D eigenvalue weighted by Crippen LogP contribution is -2.45. The number of ether oxygens (including phenoxy) is 1. The molecular weight excluding hydrogens is 172 g/mol. The Morgan fingerprint density at radius 2 is 2.50 bits per heavy atom. The van der Waals surface area contributed by atoms with Gasteiger partial charge in [-0.1, -0.05) is 0 Å². The number of nitrogens with two attached hydrogens (primary N) is 1. The lowest BCUT2D eigenvalue weighted by molar-refractivity contribution is 0.0239. The summed E-state index contributed by atoms with van der Waals surface area (Å²) < 4.78 is 5.51. The highest BCUT2D eigenvalue weighted by Crippen LogP contribution is 2.12. The fourth-order valence-corrected chi connectivity index (χ4v) is 1.68. The first-order valence-corrected chi connectivity index (χ1v) is 4.81. The second-order valence-corrected chi connectivity index (χ2v) is 3.42. The van der Waals surface area contributed by atoms with Crippen LogP contribution < -0.4 is 5.73 Å². The second kappa shape index (κ2) is 4.62. The zero-order valence-corrected chi connectivity index (χ0v) is 8.27. The van der Waals surface area contributed by atoms with Crippen LogP contribution in [0.15, 0.2) is 0 Å². The molecule has 3 nitrogen and oxygen atoms in total. The largest absolute Gasteiger partial charge is 0.377 e. The van der Waals surface area contributed by atoms with Gasteiger partial charge in [0.05, 0.1) is 6.10 Å². The minimum atomic E-state index is 0.324. The second-order valence-electron chi connectivity index (χ2n) is 3.00. The average Bonchev–Trinajstić information content (AvgIpc) is 2.05. The van der Waals surface area contributed by atoms with Crippen LogP contribution in [0.4, 0.5) is 0 Å². The Kier molecular flexibility index (Phi) is 3.75. The van der Waals surface area contributed by atoms with E-state index in [1.165, 1.54) is 0 Å². The van der Waals surface area contributed by atoms with Gasteiger partial charge in [0.2, 0.25) is 0 Å². The van der Waals surface area contributed by atoms with Gasteiger partial charge in [-0.25, -0.2) is 0 Å². The van der Waals surface area contributed by atoms with E-state index >= 15 is 0 Å². The van der Waals surface area contributed by atoms with E-state index in [0.29, 0.717) is 11.2 Å². The summed E-state index contributed by atoms with van der Waals surface area (Å²) >= 11 is 4.90. The van der Waals surface area contributed by atoms with Gasteiger partial charge in [0, 0.05) is 19.7 Å². The van der Waals surface area contributed by atoms with Crippen LogP contribution in [0.3, 0.4) is 0 Å². The maximum absolute atomic E-state index is 5.53.